The van der Waals surface area contributed by atoms with Crippen LogP contribution in [0.5, 0.6) is 0 Å². The lowest BCUT2D eigenvalue weighted by atomic mass is 9.95. The van der Waals surface area contributed by atoms with E-state index in [2.05, 4.69) is 5.32 Å². The number of hydrogen-bond acceptors (Lipinski definition) is 4. The highest BCUT2D eigenvalue weighted by molar-refractivity contribution is 6.04. The lowest BCUT2D eigenvalue weighted by Gasteiger charge is -2.29. The average Bonchev–Trinajstić information content (AvgIpc) is 2.56. The van der Waals surface area contributed by atoms with Gasteiger partial charge in [0.2, 0.25) is 5.91 Å². The number of carbonyl (C=O) groups excluding carboxylic acids is 3. The number of aliphatic hydroxyl groups excluding tert-OH is 1. The summed E-state index contributed by atoms with van der Waals surface area (Å²) in [5, 5.41) is 11.7. The number of aliphatic hydroxyl groups is 1. The Morgan fingerprint density at radius 2 is 2.11 bits per heavy atom. The first kappa shape index (κ1) is 15.4. The number of nitrogens with zero attached hydrogens (tertiary/aromatic N) is 2. The van der Waals surface area contributed by atoms with E-state index < -0.39 is 17.5 Å². The van der Waals surface area contributed by atoms with E-state index >= 15 is 0 Å². The Hall–Kier alpha value is -1.63. The van der Waals surface area contributed by atoms with Crippen molar-refractivity contribution < 1.29 is 19.5 Å². The summed E-state index contributed by atoms with van der Waals surface area (Å²) in [4.78, 5) is 37.2. The zero-order chi connectivity index (χ0) is 14.6. The number of urea groups is 1. The summed E-state index contributed by atoms with van der Waals surface area (Å²) in [5.74, 6) is -0.766. The molecule has 0 saturated carbocycles. The van der Waals surface area contributed by atoms with Crippen LogP contribution in [0.1, 0.15) is 26.7 Å². The van der Waals surface area contributed by atoms with Crippen LogP contribution in [-0.4, -0.2) is 65.0 Å². The smallest absolute Gasteiger partial charge is 0.327 e. The van der Waals surface area contributed by atoms with Crippen LogP contribution in [0.2, 0.25) is 0 Å². The minimum atomic E-state index is -0.524. The monoisotopic (exact) mass is 271 g/mol. The third kappa shape index (κ3) is 3.66. The number of rotatable bonds is 6. The van der Waals surface area contributed by atoms with Crippen LogP contribution in [0.25, 0.3) is 0 Å². The molecule has 1 aliphatic heterocycles. The van der Waals surface area contributed by atoms with E-state index in [9.17, 15) is 14.4 Å². The molecular weight excluding hydrogens is 250 g/mol. The Bertz CT molecular complexity index is 385. The minimum Gasteiger partial charge on any atom is -0.396 e. The van der Waals surface area contributed by atoms with Gasteiger partial charge in [0, 0.05) is 19.2 Å². The van der Waals surface area contributed by atoms with Gasteiger partial charge < -0.3 is 15.3 Å². The van der Waals surface area contributed by atoms with Gasteiger partial charge in [-0.15, -0.1) is 0 Å². The average molecular weight is 271 g/mol. The Morgan fingerprint density at radius 1 is 1.47 bits per heavy atom. The summed E-state index contributed by atoms with van der Waals surface area (Å²) in [7, 11) is 1.51. The zero-order valence-corrected chi connectivity index (χ0v) is 11.6. The molecule has 2 N–H and O–H groups in total. The minimum absolute atomic E-state index is 0.00774. The third-order valence-corrected chi connectivity index (χ3v) is 3.42. The maximum atomic E-state index is 11.9. The molecule has 7 heteroatoms. The van der Waals surface area contributed by atoms with Gasteiger partial charge in [0.15, 0.2) is 0 Å². The third-order valence-electron chi connectivity index (χ3n) is 3.42. The second-order valence-electron chi connectivity index (χ2n) is 5.05. The van der Waals surface area contributed by atoms with Gasteiger partial charge >= 0.3 is 6.03 Å². The molecule has 1 saturated heterocycles. The second kappa shape index (κ2) is 6.01. The lowest BCUT2D eigenvalue weighted by molar-refractivity contribution is -0.131. The maximum Gasteiger partial charge on any atom is 0.327 e. The van der Waals surface area contributed by atoms with E-state index in [1.165, 1.54) is 11.9 Å². The fourth-order valence-corrected chi connectivity index (χ4v) is 1.92. The van der Waals surface area contributed by atoms with Gasteiger partial charge in [0.25, 0.3) is 5.91 Å². The van der Waals surface area contributed by atoms with E-state index in [4.69, 9.17) is 5.11 Å². The predicted molar refractivity (Wildman–Crippen MR) is 68.3 cm³/mol. The number of imide groups is 1. The highest BCUT2D eigenvalue weighted by Gasteiger charge is 2.35. The molecule has 108 valence electrons. The van der Waals surface area contributed by atoms with Crippen LogP contribution in [0.4, 0.5) is 4.79 Å². The summed E-state index contributed by atoms with van der Waals surface area (Å²) < 4.78 is 0. The summed E-state index contributed by atoms with van der Waals surface area (Å²) in [5.41, 5.74) is -0.524. The van der Waals surface area contributed by atoms with E-state index in [0.717, 1.165) is 4.90 Å². The van der Waals surface area contributed by atoms with Crippen LogP contribution >= 0.6 is 0 Å². The van der Waals surface area contributed by atoms with E-state index in [1.54, 1.807) is 0 Å². The highest BCUT2D eigenvalue weighted by atomic mass is 16.3. The SMILES string of the molecule is CCC(C)(CCO)NC(=O)CN1C(=O)CN(C)C1=O. The fraction of sp³-hybridized carbons (Fsp3) is 0.750. The molecule has 0 aromatic rings. The molecule has 0 radical (unpaired) electrons. The molecule has 0 aliphatic carbocycles. The maximum absolute atomic E-state index is 11.9. The van der Waals surface area contributed by atoms with Crippen molar-refractivity contribution in [3.05, 3.63) is 0 Å². The number of carbonyl (C=O) groups is 3. The topological polar surface area (TPSA) is 89.9 Å². The number of likely N-dealkylation sites (N-methyl/N-ethyl adjacent to an activating group) is 1. The molecule has 1 aliphatic rings. The normalized spacial score (nSPS) is 18.7. The fourth-order valence-electron chi connectivity index (χ4n) is 1.92. The van der Waals surface area contributed by atoms with Crippen LogP contribution in [-0.2, 0) is 9.59 Å². The summed E-state index contributed by atoms with van der Waals surface area (Å²) in [6.45, 7) is 3.42. The largest absolute Gasteiger partial charge is 0.396 e. The Morgan fingerprint density at radius 3 is 2.53 bits per heavy atom. The summed E-state index contributed by atoms with van der Waals surface area (Å²) in [6.07, 6.45) is 1.08. The molecule has 0 bridgehead atoms. The van der Waals surface area contributed by atoms with E-state index in [-0.39, 0.29) is 25.6 Å². The van der Waals surface area contributed by atoms with Gasteiger partial charge in [0.1, 0.15) is 13.1 Å². The van der Waals surface area contributed by atoms with Gasteiger partial charge in [-0.25, -0.2) is 4.79 Å². The molecule has 0 spiro atoms. The number of nitrogens with one attached hydrogen (secondary N) is 1. The van der Waals surface area contributed by atoms with Crippen LogP contribution < -0.4 is 5.32 Å². The van der Waals surface area contributed by atoms with Crippen molar-refractivity contribution in [1.82, 2.24) is 15.1 Å². The molecule has 19 heavy (non-hydrogen) atoms. The van der Waals surface area contributed by atoms with Crippen molar-refractivity contribution in [2.45, 2.75) is 32.2 Å². The number of hydrogen-bond donors (Lipinski definition) is 2. The molecule has 1 atom stereocenters. The molecule has 7 nitrogen and oxygen atoms in total. The predicted octanol–water partition coefficient (Wildman–Crippen LogP) is -0.452. The number of amides is 4. The van der Waals surface area contributed by atoms with Gasteiger partial charge in [-0.1, -0.05) is 6.92 Å². The van der Waals surface area contributed by atoms with Crippen LogP contribution in [0, 0.1) is 0 Å². The van der Waals surface area contributed by atoms with Crippen molar-refractivity contribution >= 4 is 17.8 Å². The Kier molecular flexibility index (Phi) is 4.88. The highest BCUT2D eigenvalue weighted by Crippen LogP contribution is 2.14. The van der Waals surface area contributed by atoms with Crippen molar-refractivity contribution in [3.63, 3.8) is 0 Å². The summed E-state index contributed by atoms with van der Waals surface area (Å²) in [6, 6.07) is -0.458. The van der Waals surface area contributed by atoms with Crippen molar-refractivity contribution in [3.8, 4) is 0 Å². The zero-order valence-electron chi connectivity index (χ0n) is 11.6. The van der Waals surface area contributed by atoms with Gasteiger partial charge in [0.05, 0.1) is 0 Å². The molecule has 1 heterocycles. The first-order valence-corrected chi connectivity index (χ1v) is 6.30. The van der Waals surface area contributed by atoms with Crippen molar-refractivity contribution in [2.24, 2.45) is 0 Å². The summed E-state index contributed by atoms with van der Waals surface area (Å²) >= 11 is 0. The van der Waals surface area contributed by atoms with E-state index in [0.29, 0.717) is 12.8 Å². The molecule has 1 fully saturated rings. The van der Waals surface area contributed by atoms with E-state index in [1.807, 2.05) is 13.8 Å². The van der Waals surface area contributed by atoms with Crippen molar-refractivity contribution in [2.75, 3.05) is 26.7 Å². The van der Waals surface area contributed by atoms with Gasteiger partial charge in [-0.3, -0.25) is 14.5 Å². The molecule has 1 rings (SSSR count). The lowest BCUT2D eigenvalue weighted by Crippen LogP contribution is -2.50. The second-order valence-corrected chi connectivity index (χ2v) is 5.05. The first-order valence-electron chi connectivity index (χ1n) is 6.30. The molecule has 4 amide bonds. The molecular formula is C12H21N3O4. The van der Waals surface area contributed by atoms with Crippen LogP contribution in [0.15, 0.2) is 0 Å². The Labute approximate surface area is 112 Å². The molecule has 0 aromatic carbocycles. The van der Waals surface area contributed by atoms with Crippen molar-refractivity contribution in [1.29, 1.82) is 0 Å². The first-order chi connectivity index (χ1) is 8.83. The Balaban J connectivity index is 2.60. The quantitative estimate of drug-likeness (QED) is 0.640. The van der Waals surface area contributed by atoms with Gasteiger partial charge in [-0.2, -0.15) is 0 Å². The standard InChI is InChI=1S/C12H21N3O4/c1-4-12(2,5-6-16)13-9(17)7-15-10(18)8-14(3)11(15)19/h16H,4-8H2,1-3H3,(H,13,17). The molecule has 0 aromatic heterocycles. The van der Waals surface area contributed by atoms with Gasteiger partial charge in [-0.05, 0) is 19.8 Å². The molecule has 1 unspecified atom stereocenters. The van der Waals surface area contributed by atoms with Crippen LogP contribution in [0.3, 0.4) is 0 Å².